The first-order valence-corrected chi connectivity index (χ1v) is 6.96. The predicted molar refractivity (Wildman–Crippen MR) is 79.8 cm³/mol. The first-order chi connectivity index (χ1) is 9.24. The number of hydrogen-bond donors (Lipinski definition) is 2. The van der Waals surface area contributed by atoms with Crippen LogP contribution in [0.3, 0.4) is 0 Å². The van der Waals surface area contributed by atoms with Gasteiger partial charge in [-0.2, -0.15) is 0 Å². The number of anilines is 1. The van der Waals surface area contributed by atoms with Gasteiger partial charge in [-0.1, -0.05) is 6.07 Å². The predicted octanol–water partition coefficient (Wildman–Crippen LogP) is 3.92. The van der Waals surface area contributed by atoms with E-state index < -0.39 is 0 Å². The quantitative estimate of drug-likeness (QED) is 0.758. The van der Waals surface area contributed by atoms with Crippen molar-refractivity contribution in [2.45, 2.75) is 13.5 Å². The third-order valence-corrected chi connectivity index (χ3v) is 4.16. The maximum atomic E-state index is 9.60. The van der Waals surface area contributed by atoms with Gasteiger partial charge in [0.2, 0.25) is 0 Å². The van der Waals surface area contributed by atoms with E-state index >= 15 is 0 Å². The van der Waals surface area contributed by atoms with E-state index in [0.717, 1.165) is 23.1 Å². The topological polar surface area (TPSA) is 45.2 Å². The lowest BCUT2D eigenvalue weighted by Crippen LogP contribution is -2.01. The van der Waals surface area contributed by atoms with E-state index in [1.54, 1.807) is 29.7 Å². The molecule has 96 valence electrons. The highest BCUT2D eigenvalue weighted by atomic mass is 32.1. The molecule has 2 heterocycles. The Kier molecular flexibility index (Phi) is 3.09. The van der Waals surface area contributed by atoms with E-state index in [2.05, 4.69) is 28.7 Å². The van der Waals surface area contributed by atoms with Crippen LogP contribution in [0, 0.1) is 6.92 Å². The Morgan fingerprint density at radius 2 is 2.16 bits per heavy atom. The van der Waals surface area contributed by atoms with Crippen LogP contribution in [-0.4, -0.2) is 10.1 Å². The number of rotatable bonds is 3. The Hall–Kier alpha value is -2.07. The van der Waals surface area contributed by atoms with Crippen molar-refractivity contribution in [2.75, 3.05) is 5.32 Å². The highest BCUT2D eigenvalue weighted by Gasteiger charge is 2.05. The maximum absolute atomic E-state index is 9.60. The monoisotopic (exact) mass is 270 g/mol. The first-order valence-electron chi connectivity index (χ1n) is 6.08. The van der Waals surface area contributed by atoms with Crippen molar-refractivity contribution in [3.05, 3.63) is 52.3 Å². The lowest BCUT2D eigenvalue weighted by Gasteiger charge is -2.08. The second-order valence-electron chi connectivity index (χ2n) is 4.45. The fourth-order valence-corrected chi connectivity index (χ4v) is 2.89. The minimum atomic E-state index is 0.260. The highest BCUT2D eigenvalue weighted by molar-refractivity contribution is 7.10. The number of hydrogen-bond acceptors (Lipinski definition) is 4. The molecular weight excluding hydrogens is 256 g/mol. The molecule has 19 heavy (non-hydrogen) atoms. The molecule has 0 aliphatic carbocycles. The van der Waals surface area contributed by atoms with Crippen LogP contribution in [0.1, 0.15) is 10.4 Å². The molecule has 0 atom stereocenters. The van der Waals surface area contributed by atoms with Gasteiger partial charge in [-0.05, 0) is 47.5 Å². The van der Waals surface area contributed by atoms with Gasteiger partial charge in [-0.25, -0.2) is 4.98 Å². The van der Waals surface area contributed by atoms with Gasteiger partial charge in [0.1, 0.15) is 11.6 Å². The van der Waals surface area contributed by atoms with Crippen LogP contribution >= 0.6 is 11.3 Å². The molecule has 0 saturated heterocycles. The van der Waals surface area contributed by atoms with Gasteiger partial charge in [-0.15, -0.1) is 11.3 Å². The molecule has 0 bridgehead atoms. The van der Waals surface area contributed by atoms with Crippen LogP contribution in [0.25, 0.3) is 10.8 Å². The normalized spacial score (nSPS) is 10.8. The van der Waals surface area contributed by atoms with Crippen LogP contribution in [0.15, 0.2) is 41.9 Å². The van der Waals surface area contributed by atoms with Crippen molar-refractivity contribution in [3.8, 4) is 5.75 Å². The van der Waals surface area contributed by atoms with Crippen molar-refractivity contribution >= 4 is 27.9 Å². The number of nitrogens with one attached hydrogen (secondary N) is 1. The lowest BCUT2D eigenvalue weighted by molar-refractivity contribution is 0.476. The van der Waals surface area contributed by atoms with Crippen molar-refractivity contribution in [1.82, 2.24) is 4.98 Å². The number of phenols is 1. The highest BCUT2D eigenvalue weighted by Crippen LogP contribution is 2.26. The largest absolute Gasteiger partial charge is 0.508 e. The van der Waals surface area contributed by atoms with E-state index in [0.29, 0.717) is 0 Å². The Labute approximate surface area is 115 Å². The molecule has 0 amide bonds. The molecular formula is C15H14N2OS. The Bertz CT molecular complexity index is 721. The van der Waals surface area contributed by atoms with Crippen LogP contribution in [-0.2, 0) is 6.54 Å². The summed E-state index contributed by atoms with van der Waals surface area (Å²) in [7, 11) is 0. The Balaban J connectivity index is 1.92. The van der Waals surface area contributed by atoms with Crippen LogP contribution in [0.2, 0.25) is 0 Å². The summed E-state index contributed by atoms with van der Waals surface area (Å²) >= 11 is 1.74. The smallest absolute Gasteiger partial charge is 0.134 e. The van der Waals surface area contributed by atoms with Gasteiger partial charge < -0.3 is 10.4 Å². The average molecular weight is 270 g/mol. The molecule has 0 saturated carbocycles. The summed E-state index contributed by atoms with van der Waals surface area (Å²) in [4.78, 5) is 5.66. The second-order valence-corrected chi connectivity index (χ2v) is 5.45. The summed E-state index contributed by atoms with van der Waals surface area (Å²) in [5.74, 6) is 1.07. The SMILES string of the molecule is Cc1ccsc1CNc1nccc2ccc(O)cc12. The van der Waals surface area contributed by atoms with Crippen LogP contribution in [0.4, 0.5) is 5.82 Å². The molecule has 2 aromatic heterocycles. The van der Waals surface area contributed by atoms with Gasteiger partial charge in [0.15, 0.2) is 0 Å². The molecule has 3 rings (SSSR count). The van der Waals surface area contributed by atoms with E-state index in [1.807, 2.05) is 12.1 Å². The van der Waals surface area contributed by atoms with E-state index in [-0.39, 0.29) is 5.75 Å². The molecule has 0 aliphatic rings. The molecule has 0 radical (unpaired) electrons. The fraction of sp³-hybridized carbons (Fsp3) is 0.133. The molecule has 0 aliphatic heterocycles. The van der Waals surface area contributed by atoms with E-state index in [9.17, 15) is 5.11 Å². The zero-order valence-electron chi connectivity index (χ0n) is 10.6. The maximum Gasteiger partial charge on any atom is 0.134 e. The van der Waals surface area contributed by atoms with Crippen molar-refractivity contribution in [2.24, 2.45) is 0 Å². The van der Waals surface area contributed by atoms with Gasteiger partial charge in [0, 0.05) is 16.5 Å². The number of pyridine rings is 1. The van der Waals surface area contributed by atoms with Crippen molar-refractivity contribution < 1.29 is 5.11 Å². The molecule has 4 heteroatoms. The number of phenolic OH excluding ortho intramolecular Hbond substituents is 1. The van der Waals surface area contributed by atoms with Gasteiger partial charge in [0.25, 0.3) is 0 Å². The van der Waals surface area contributed by atoms with Gasteiger partial charge >= 0.3 is 0 Å². The summed E-state index contributed by atoms with van der Waals surface area (Å²) in [5.41, 5.74) is 1.29. The number of fused-ring (bicyclic) bond motifs is 1. The third-order valence-electron chi connectivity index (χ3n) is 3.13. The summed E-state index contributed by atoms with van der Waals surface area (Å²) in [6.45, 7) is 2.86. The number of aryl methyl sites for hydroxylation is 1. The Morgan fingerprint density at radius 3 is 2.95 bits per heavy atom. The molecule has 3 aromatic rings. The number of benzene rings is 1. The lowest BCUT2D eigenvalue weighted by atomic mass is 10.1. The zero-order chi connectivity index (χ0) is 13.2. The van der Waals surface area contributed by atoms with Crippen LogP contribution in [0.5, 0.6) is 5.75 Å². The minimum absolute atomic E-state index is 0.260. The van der Waals surface area contributed by atoms with E-state index in [4.69, 9.17) is 0 Å². The molecule has 1 aromatic carbocycles. The molecule has 0 spiro atoms. The molecule has 0 fully saturated rings. The fourth-order valence-electron chi connectivity index (χ4n) is 2.05. The van der Waals surface area contributed by atoms with Crippen molar-refractivity contribution in [3.63, 3.8) is 0 Å². The Morgan fingerprint density at radius 1 is 1.26 bits per heavy atom. The summed E-state index contributed by atoms with van der Waals surface area (Å²) in [6.07, 6.45) is 1.78. The van der Waals surface area contributed by atoms with Crippen molar-refractivity contribution in [1.29, 1.82) is 0 Å². The number of aromatic nitrogens is 1. The molecule has 0 unspecified atom stereocenters. The first kappa shape index (κ1) is 12.0. The second kappa shape index (κ2) is 4.90. The molecule has 3 nitrogen and oxygen atoms in total. The summed E-state index contributed by atoms with van der Waals surface area (Å²) in [5, 5.41) is 17.0. The number of nitrogens with zero attached hydrogens (tertiary/aromatic N) is 1. The minimum Gasteiger partial charge on any atom is -0.508 e. The number of aromatic hydroxyl groups is 1. The van der Waals surface area contributed by atoms with E-state index in [1.165, 1.54) is 10.4 Å². The van der Waals surface area contributed by atoms with Gasteiger partial charge in [-0.3, -0.25) is 0 Å². The summed E-state index contributed by atoms with van der Waals surface area (Å²) in [6, 6.07) is 9.38. The number of thiophene rings is 1. The molecule has 2 N–H and O–H groups in total. The standard InChI is InChI=1S/C15H14N2OS/c1-10-5-7-19-14(10)9-17-15-13-8-12(18)3-2-11(13)4-6-16-15/h2-8,18H,9H2,1H3,(H,16,17). The third kappa shape index (κ3) is 2.39. The van der Waals surface area contributed by atoms with Gasteiger partial charge in [0.05, 0.1) is 6.54 Å². The zero-order valence-corrected chi connectivity index (χ0v) is 11.4. The summed E-state index contributed by atoms with van der Waals surface area (Å²) < 4.78 is 0. The average Bonchev–Trinajstić information content (AvgIpc) is 2.82. The van der Waals surface area contributed by atoms with Crippen LogP contribution < -0.4 is 5.32 Å².